The molecule has 1 aromatic carbocycles. The Balaban J connectivity index is 0.00000364. The van der Waals surface area contributed by atoms with Crippen LogP contribution in [0.1, 0.15) is 22.4 Å². The number of likely N-dealkylation sites (N-methyl/N-ethyl adjacent to an activating group) is 1. The topological polar surface area (TPSA) is 61.8 Å². The van der Waals surface area contributed by atoms with Crippen molar-refractivity contribution >= 4 is 41.3 Å². The third kappa shape index (κ3) is 8.89. The van der Waals surface area contributed by atoms with Gasteiger partial charge in [-0.25, -0.2) is 4.98 Å². The van der Waals surface area contributed by atoms with E-state index in [0.717, 1.165) is 35.2 Å². The van der Waals surface area contributed by atoms with Gasteiger partial charge >= 0.3 is 0 Å². The van der Waals surface area contributed by atoms with Crippen LogP contribution in [0.25, 0.3) is 0 Å². The number of ether oxygens (including phenoxy) is 1. The first-order chi connectivity index (χ1) is 12.6. The lowest BCUT2D eigenvalue weighted by molar-refractivity contribution is 0.261. The predicted octanol–water partition coefficient (Wildman–Crippen LogP) is 3.13. The van der Waals surface area contributed by atoms with E-state index in [4.69, 9.17) is 4.74 Å². The molecule has 1 heterocycles. The standard InChI is InChI=1S/C19H29N5OS.HI/c1-5-17-13-21-18(26-17)14-23-19(20-2)22-12-15-7-6-8-16(11-15)25-10-9-24(3)4;/h6-8,11,13H,5,9-10,12,14H2,1-4H3,(H2,20,22,23);1H. The van der Waals surface area contributed by atoms with Gasteiger partial charge in [0.1, 0.15) is 17.4 Å². The second kappa shape index (κ2) is 12.9. The molecule has 2 N–H and O–H groups in total. The first-order valence-electron chi connectivity index (χ1n) is 8.85. The Morgan fingerprint density at radius 3 is 2.70 bits per heavy atom. The van der Waals surface area contributed by atoms with Gasteiger partial charge in [0, 0.05) is 31.2 Å². The van der Waals surface area contributed by atoms with E-state index in [1.807, 2.05) is 32.4 Å². The molecule has 0 atom stereocenters. The summed E-state index contributed by atoms with van der Waals surface area (Å²) >= 11 is 1.73. The normalized spacial score (nSPS) is 11.2. The number of rotatable bonds is 9. The van der Waals surface area contributed by atoms with Gasteiger partial charge in [0.25, 0.3) is 0 Å². The monoisotopic (exact) mass is 503 g/mol. The van der Waals surface area contributed by atoms with E-state index in [2.05, 4.69) is 44.6 Å². The third-order valence-electron chi connectivity index (χ3n) is 3.75. The molecule has 6 nitrogen and oxygen atoms in total. The smallest absolute Gasteiger partial charge is 0.191 e. The van der Waals surface area contributed by atoms with Crippen molar-refractivity contribution in [2.24, 2.45) is 4.99 Å². The summed E-state index contributed by atoms with van der Waals surface area (Å²) in [5.41, 5.74) is 1.15. The molecular weight excluding hydrogens is 473 g/mol. The summed E-state index contributed by atoms with van der Waals surface area (Å²) in [5.74, 6) is 1.65. The minimum Gasteiger partial charge on any atom is -0.492 e. The van der Waals surface area contributed by atoms with Gasteiger partial charge in [-0.05, 0) is 38.2 Å². The zero-order chi connectivity index (χ0) is 18.8. The Bertz CT molecular complexity index is 705. The molecule has 0 unspecified atom stereocenters. The number of nitrogens with one attached hydrogen (secondary N) is 2. The summed E-state index contributed by atoms with van der Waals surface area (Å²) in [7, 11) is 5.85. The zero-order valence-electron chi connectivity index (χ0n) is 16.5. The molecule has 0 amide bonds. The Labute approximate surface area is 183 Å². The van der Waals surface area contributed by atoms with Crippen LogP contribution < -0.4 is 15.4 Å². The van der Waals surface area contributed by atoms with E-state index >= 15 is 0 Å². The van der Waals surface area contributed by atoms with Crippen LogP contribution in [-0.2, 0) is 19.5 Å². The Hall–Kier alpha value is -1.39. The molecule has 0 saturated carbocycles. The number of nitrogens with zero attached hydrogens (tertiary/aromatic N) is 3. The lowest BCUT2D eigenvalue weighted by Crippen LogP contribution is -2.36. The molecule has 2 aromatic rings. The number of hydrogen-bond donors (Lipinski definition) is 2. The average molecular weight is 503 g/mol. The molecule has 2 rings (SSSR count). The SMILES string of the molecule is CCc1cnc(CNC(=NC)NCc2cccc(OCCN(C)C)c2)s1.I. The molecule has 1 aromatic heterocycles. The number of aryl methyl sites for hydroxylation is 1. The minimum absolute atomic E-state index is 0. The summed E-state index contributed by atoms with van der Waals surface area (Å²) in [5, 5.41) is 7.71. The van der Waals surface area contributed by atoms with Crippen molar-refractivity contribution in [2.45, 2.75) is 26.4 Å². The minimum atomic E-state index is 0. The highest BCUT2D eigenvalue weighted by atomic mass is 127. The van der Waals surface area contributed by atoms with Gasteiger partial charge in [-0.2, -0.15) is 0 Å². The maximum Gasteiger partial charge on any atom is 0.191 e. The summed E-state index contributed by atoms with van der Waals surface area (Å²) < 4.78 is 5.79. The Kier molecular flexibility index (Phi) is 11.3. The molecule has 0 aliphatic heterocycles. The number of halogens is 1. The van der Waals surface area contributed by atoms with Crippen molar-refractivity contribution in [1.82, 2.24) is 20.5 Å². The van der Waals surface area contributed by atoms with Crippen molar-refractivity contribution in [2.75, 3.05) is 34.3 Å². The fourth-order valence-corrected chi connectivity index (χ4v) is 3.05. The van der Waals surface area contributed by atoms with Crippen LogP contribution in [0.2, 0.25) is 0 Å². The van der Waals surface area contributed by atoms with E-state index < -0.39 is 0 Å². The average Bonchev–Trinajstić information content (AvgIpc) is 3.10. The zero-order valence-corrected chi connectivity index (χ0v) is 19.6. The number of benzene rings is 1. The van der Waals surface area contributed by atoms with Crippen LogP contribution in [0, 0.1) is 0 Å². The fourth-order valence-electron chi connectivity index (χ4n) is 2.25. The van der Waals surface area contributed by atoms with Crippen LogP contribution in [0.4, 0.5) is 0 Å². The van der Waals surface area contributed by atoms with Crippen molar-refractivity contribution < 1.29 is 4.74 Å². The fraction of sp³-hybridized carbons (Fsp3) is 0.474. The number of aromatic nitrogens is 1. The highest BCUT2D eigenvalue weighted by Gasteiger charge is 2.04. The highest BCUT2D eigenvalue weighted by Crippen LogP contribution is 2.14. The molecule has 0 aliphatic carbocycles. The van der Waals surface area contributed by atoms with Crippen LogP contribution in [-0.4, -0.2) is 50.1 Å². The number of guanidine groups is 1. The van der Waals surface area contributed by atoms with Crippen LogP contribution in [0.5, 0.6) is 5.75 Å². The van der Waals surface area contributed by atoms with Crippen LogP contribution >= 0.6 is 35.3 Å². The van der Waals surface area contributed by atoms with Gasteiger partial charge in [0.15, 0.2) is 5.96 Å². The molecule has 0 radical (unpaired) electrons. The molecule has 150 valence electrons. The van der Waals surface area contributed by atoms with Gasteiger partial charge in [-0.1, -0.05) is 19.1 Å². The summed E-state index contributed by atoms with van der Waals surface area (Å²) in [6.07, 6.45) is 2.97. The maximum atomic E-state index is 5.79. The first kappa shape index (κ1) is 23.6. The summed E-state index contributed by atoms with van der Waals surface area (Å²) in [6, 6.07) is 8.14. The molecule has 0 spiro atoms. The highest BCUT2D eigenvalue weighted by molar-refractivity contribution is 14.0. The van der Waals surface area contributed by atoms with Crippen molar-refractivity contribution in [3.8, 4) is 5.75 Å². The van der Waals surface area contributed by atoms with Gasteiger partial charge in [-0.3, -0.25) is 4.99 Å². The van der Waals surface area contributed by atoms with E-state index in [-0.39, 0.29) is 24.0 Å². The number of thiazole rings is 1. The van der Waals surface area contributed by atoms with Crippen molar-refractivity contribution in [1.29, 1.82) is 0 Å². The van der Waals surface area contributed by atoms with E-state index in [1.54, 1.807) is 18.4 Å². The van der Waals surface area contributed by atoms with Gasteiger partial charge in [0.2, 0.25) is 0 Å². The quantitative estimate of drug-likeness (QED) is 0.313. The molecular formula is C19H30IN5OS. The molecule has 27 heavy (non-hydrogen) atoms. The predicted molar refractivity (Wildman–Crippen MR) is 124 cm³/mol. The van der Waals surface area contributed by atoms with Gasteiger partial charge in [0.05, 0.1) is 6.54 Å². The number of aliphatic imine (C=N–C) groups is 1. The van der Waals surface area contributed by atoms with Crippen molar-refractivity contribution in [3.63, 3.8) is 0 Å². The summed E-state index contributed by atoms with van der Waals surface area (Å²) in [6.45, 7) is 5.08. The largest absolute Gasteiger partial charge is 0.492 e. The van der Waals surface area contributed by atoms with Crippen LogP contribution in [0.3, 0.4) is 0 Å². The first-order valence-corrected chi connectivity index (χ1v) is 9.67. The Morgan fingerprint density at radius 1 is 1.26 bits per heavy atom. The molecule has 0 bridgehead atoms. The molecule has 0 saturated heterocycles. The second-order valence-corrected chi connectivity index (χ2v) is 7.35. The lowest BCUT2D eigenvalue weighted by atomic mass is 10.2. The second-order valence-electron chi connectivity index (χ2n) is 6.15. The molecule has 0 fully saturated rings. The van der Waals surface area contributed by atoms with E-state index in [1.165, 1.54) is 4.88 Å². The van der Waals surface area contributed by atoms with E-state index in [0.29, 0.717) is 19.7 Å². The molecule has 0 aliphatic rings. The molecule has 8 heteroatoms. The van der Waals surface area contributed by atoms with E-state index in [9.17, 15) is 0 Å². The number of hydrogen-bond acceptors (Lipinski definition) is 5. The van der Waals surface area contributed by atoms with Crippen molar-refractivity contribution in [3.05, 3.63) is 45.9 Å². The Morgan fingerprint density at radius 2 is 2.04 bits per heavy atom. The summed E-state index contributed by atoms with van der Waals surface area (Å²) in [4.78, 5) is 12.1. The maximum absolute atomic E-state index is 5.79. The lowest BCUT2D eigenvalue weighted by Gasteiger charge is -2.13. The third-order valence-corrected chi connectivity index (χ3v) is 4.89. The van der Waals surface area contributed by atoms with Gasteiger partial charge in [-0.15, -0.1) is 35.3 Å². The van der Waals surface area contributed by atoms with Crippen LogP contribution in [0.15, 0.2) is 35.5 Å². The van der Waals surface area contributed by atoms with Gasteiger partial charge < -0.3 is 20.3 Å².